The predicted octanol–water partition coefficient (Wildman–Crippen LogP) is 3.73. The van der Waals surface area contributed by atoms with Gasteiger partial charge in [0, 0.05) is 17.5 Å². The molecule has 166 valence electrons. The van der Waals surface area contributed by atoms with E-state index in [0.29, 0.717) is 28.4 Å². The Morgan fingerprint density at radius 3 is 2.77 bits per heavy atom. The van der Waals surface area contributed by atoms with Crippen LogP contribution < -0.4 is 15.6 Å². The molecule has 1 aromatic heterocycles. The Morgan fingerprint density at radius 2 is 2.06 bits per heavy atom. The number of allylic oxidation sites excluding steroid dienone is 1. The van der Waals surface area contributed by atoms with Crippen LogP contribution in [0.25, 0.3) is 0 Å². The first-order valence-electron chi connectivity index (χ1n) is 10.1. The smallest absolute Gasteiger partial charge is 0.273 e. The number of ether oxygens (including phenoxy) is 1. The lowest BCUT2D eigenvalue weighted by Crippen LogP contribution is -2.42. The third-order valence-electron chi connectivity index (χ3n) is 5.08. The fourth-order valence-corrected chi connectivity index (χ4v) is 4.51. The SMILES string of the molecule is C=CCn1c(SCC(=O)NNC(=O)c2cc(Cl)ccc2OC)nnc1C1CCCCC1. The molecule has 2 N–H and O–H groups in total. The second-order valence-corrected chi connectivity index (χ2v) is 8.59. The van der Waals surface area contributed by atoms with Gasteiger partial charge in [0.15, 0.2) is 5.16 Å². The van der Waals surface area contributed by atoms with E-state index in [2.05, 4.69) is 27.6 Å². The predicted molar refractivity (Wildman–Crippen MR) is 120 cm³/mol. The highest BCUT2D eigenvalue weighted by Crippen LogP contribution is 2.33. The molecule has 1 aromatic carbocycles. The third kappa shape index (κ3) is 6.01. The number of hydrogen-bond acceptors (Lipinski definition) is 6. The van der Waals surface area contributed by atoms with E-state index in [1.54, 1.807) is 18.2 Å². The minimum Gasteiger partial charge on any atom is -0.496 e. The molecule has 1 fully saturated rings. The zero-order valence-electron chi connectivity index (χ0n) is 17.4. The maximum Gasteiger partial charge on any atom is 0.273 e. The van der Waals surface area contributed by atoms with Crippen LogP contribution in [-0.4, -0.2) is 39.4 Å². The van der Waals surface area contributed by atoms with Gasteiger partial charge in [-0.1, -0.05) is 48.7 Å². The van der Waals surface area contributed by atoms with Gasteiger partial charge in [-0.3, -0.25) is 20.4 Å². The lowest BCUT2D eigenvalue weighted by molar-refractivity contribution is -0.119. The molecule has 0 aliphatic heterocycles. The summed E-state index contributed by atoms with van der Waals surface area (Å²) in [6.07, 6.45) is 7.69. The van der Waals surface area contributed by atoms with E-state index in [1.165, 1.54) is 44.2 Å². The first-order chi connectivity index (χ1) is 15.0. The Morgan fingerprint density at radius 1 is 1.29 bits per heavy atom. The second kappa shape index (κ2) is 11.2. The van der Waals surface area contributed by atoms with Crippen LogP contribution in [-0.2, 0) is 11.3 Å². The summed E-state index contributed by atoms with van der Waals surface area (Å²) in [6, 6.07) is 4.68. The Balaban J connectivity index is 1.57. The molecule has 8 nitrogen and oxygen atoms in total. The number of hydrogen-bond donors (Lipinski definition) is 2. The van der Waals surface area contributed by atoms with Gasteiger partial charge >= 0.3 is 0 Å². The molecule has 3 rings (SSSR count). The van der Waals surface area contributed by atoms with Crippen LogP contribution in [0, 0.1) is 0 Å². The molecule has 1 aliphatic rings. The van der Waals surface area contributed by atoms with Crippen molar-refractivity contribution in [2.45, 2.75) is 49.7 Å². The van der Waals surface area contributed by atoms with Crippen molar-refractivity contribution in [2.24, 2.45) is 0 Å². The number of methoxy groups -OCH3 is 1. The second-order valence-electron chi connectivity index (χ2n) is 7.21. The quantitative estimate of drug-likeness (QED) is 0.351. The number of rotatable bonds is 8. The van der Waals surface area contributed by atoms with Crippen LogP contribution in [0.15, 0.2) is 36.0 Å². The van der Waals surface area contributed by atoms with E-state index in [4.69, 9.17) is 16.3 Å². The van der Waals surface area contributed by atoms with Crippen molar-refractivity contribution in [1.29, 1.82) is 0 Å². The summed E-state index contributed by atoms with van der Waals surface area (Å²) in [5.74, 6) is 0.907. The lowest BCUT2D eigenvalue weighted by Gasteiger charge is -2.21. The van der Waals surface area contributed by atoms with Gasteiger partial charge in [-0.15, -0.1) is 16.8 Å². The van der Waals surface area contributed by atoms with Gasteiger partial charge in [-0.05, 0) is 31.0 Å². The summed E-state index contributed by atoms with van der Waals surface area (Å²) in [5, 5.41) is 9.74. The van der Waals surface area contributed by atoms with Crippen molar-refractivity contribution in [3.8, 4) is 5.75 Å². The molecule has 0 spiro atoms. The van der Waals surface area contributed by atoms with Crippen molar-refractivity contribution in [3.05, 3.63) is 47.3 Å². The number of nitrogens with one attached hydrogen (secondary N) is 2. The molecule has 0 saturated heterocycles. The highest BCUT2D eigenvalue weighted by atomic mass is 35.5. The average molecular weight is 464 g/mol. The summed E-state index contributed by atoms with van der Waals surface area (Å²) in [4.78, 5) is 24.6. The lowest BCUT2D eigenvalue weighted by atomic mass is 9.89. The molecule has 0 radical (unpaired) electrons. The minimum atomic E-state index is -0.521. The van der Waals surface area contributed by atoms with E-state index in [9.17, 15) is 9.59 Å². The van der Waals surface area contributed by atoms with Gasteiger partial charge in [0.2, 0.25) is 5.91 Å². The van der Waals surface area contributed by atoms with Gasteiger partial charge in [0.05, 0.1) is 18.4 Å². The summed E-state index contributed by atoms with van der Waals surface area (Å²) in [6.45, 7) is 4.42. The molecule has 0 atom stereocenters. The van der Waals surface area contributed by atoms with Crippen molar-refractivity contribution < 1.29 is 14.3 Å². The van der Waals surface area contributed by atoms with Crippen LogP contribution in [0.4, 0.5) is 0 Å². The minimum absolute atomic E-state index is 0.0763. The largest absolute Gasteiger partial charge is 0.496 e. The van der Waals surface area contributed by atoms with Crippen LogP contribution in [0.1, 0.15) is 54.2 Å². The number of carbonyl (C=O) groups excluding carboxylic acids is 2. The number of nitrogens with zero attached hydrogens (tertiary/aromatic N) is 3. The first kappa shape index (κ1) is 23.1. The highest BCUT2D eigenvalue weighted by molar-refractivity contribution is 7.99. The van der Waals surface area contributed by atoms with Crippen LogP contribution in [0.5, 0.6) is 5.75 Å². The number of amides is 2. The number of aromatic nitrogens is 3. The Labute approximate surface area is 190 Å². The molecule has 1 aliphatic carbocycles. The maximum atomic E-state index is 12.4. The molecular weight excluding hydrogens is 438 g/mol. The summed E-state index contributed by atoms with van der Waals surface area (Å²) in [7, 11) is 1.45. The zero-order valence-corrected chi connectivity index (χ0v) is 19.0. The van der Waals surface area contributed by atoms with E-state index in [0.717, 1.165) is 18.7 Å². The molecule has 2 amide bonds. The highest BCUT2D eigenvalue weighted by Gasteiger charge is 2.23. The van der Waals surface area contributed by atoms with Crippen molar-refractivity contribution in [2.75, 3.05) is 12.9 Å². The normalized spacial score (nSPS) is 14.1. The van der Waals surface area contributed by atoms with Gasteiger partial charge in [-0.25, -0.2) is 0 Å². The van der Waals surface area contributed by atoms with Crippen molar-refractivity contribution >= 4 is 35.2 Å². The van der Waals surface area contributed by atoms with Crippen LogP contribution >= 0.6 is 23.4 Å². The fraction of sp³-hybridized carbons (Fsp3) is 0.429. The van der Waals surface area contributed by atoms with Gasteiger partial charge in [-0.2, -0.15) is 0 Å². The van der Waals surface area contributed by atoms with Crippen molar-refractivity contribution in [3.63, 3.8) is 0 Å². The van der Waals surface area contributed by atoms with E-state index >= 15 is 0 Å². The molecular formula is C21H26ClN5O3S. The Hall–Kier alpha value is -2.52. The van der Waals surface area contributed by atoms with Crippen LogP contribution in [0.3, 0.4) is 0 Å². The number of thioether (sulfide) groups is 1. The van der Waals surface area contributed by atoms with E-state index in [-0.39, 0.29) is 17.2 Å². The standard InChI is InChI=1S/C21H26ClN5O3S/c1-3-11-27-19(14-7-5-4-6-8-14)24-26-21(27)31-13-18(28)23-25-20(29)16-12-15(22)9-10-17(16)30-2/h3,9-10,12,14H,1,4-8,11,13H2,2H3,(H,23,28)(H,25,29). The average Bonchev–Trinajstić information content (AvgIpc) is 3.19. The van der Waals surface area contributed by atoms with E-state index in [1.807, 2.05) is 4.57 Å². The number of halogens is 1. The summed E-state index contributed by atoms with van der Waals surface area (Å²) >= 11 is 7.22. The molecule has 1 saturated carbocycles. The van der Waals surface area contributed by atoms with Gasteiger partial charge in [0.25, 0.3) is 5.91 Å². The monoisotopic (exact) mass is 463 g/mol. The number of carbonyl (C=O) groups is 2. The topological polar surface area (TPSA) is 98.1 Å². The van der Waals surface area contributed by atoms with E-state index < -0.39 is 5.91 Å². The molecule has 2 aromatic rings. The van der Waals surface area contributed by atoms with Crippen LogP contribution in [0.2, 0.25) is 5.02 Å². The Bertz CT molecular complexity index is 943. The van der Waals surface area contributed by atoms with Crippen molar-refractivity contribution in [1.82, 2.24) is 25.6 Å². The number of benzene rings is 1. The van der Waals surface area contributed by atoms with Gasteiger partial charge in [0.1, 0.15) is 11.6 Å². The third-order valence-corrected chi connectivity index (χ3v) is 6.28. The Kier molecular flexibility index (Phi) is 8.36. The molecule has 0 bridgehead atoms. The molecule has 1 heterocycles. The summed E-state index contributed by atoms with van der Waals surface area (Å²) in [5.41, 5.74) is 5.02. The number of hydrazine groups is 1. The maximum absolute atomic E-state index is 12.4. The van der Waals surface area contributed by atoms with Gasteiger partial charge < -0.3 is 9.30 Å². The molecule has 10 heteroatoms. The first-order valence-corrected chi connectivity index (χ1v) is 11.5. The summed E-state index contributed by atoms with van der Waals surface area (Å²) < 4.78 is 7.18. The molecule has 0 unspecified atom stereocenters. The molecule has 31 heavy (non-hydrogen) atoms. The zero-order chi connectivity index (χ0) is 22.2. The fourth-order valence-electron chi connectivity index (χ4n) is 3.59.